The fourth-order valence-electron chi connectivity index (χ4n) is 2.94. The molecule has 20 heavy (non-hydrogen) atoms. The van der Waals surface area contributed by atoms with Crippen LogP contribution in [0.3, 0.4) is 0 Å². The van der Waals surface area contributed by atoms with Crippen LogP contribution in [0.15, 0.2) is 18.2 Å². The van der Waals surface area contributed by atoms with Gasteiger partial charge in [0, 0.05) is 30.4 Å². The minimum absolute atomic E-state index is 0.0583. The smallest absolute Gasteiger partial charge is 0.254 e. The lowest BCUT2D eigenvalue weighted by atomic mass is 9.75. The highest BCUT2D eigenvalue weighted by Gasteiger charge is 2.40. The highest BCUT2D eigenvalue weighted by molar-refractivity contribution is 5.96. The largest absolute Gasteiger partial charge is 0.398 e. The maximum absolute atomic E-state index is 12.6. The number of hydrogen-bond donors (Lipinski definition) is 1. The van der Waals surface area contributed by atoms with E-state index in [0.717, 1.165) is 24.9 Å². The Hall–Kier alpha value is -1.55. The predicted molar refractivity (Wildman–Crippen MR) is 82.8 cm³/mol. The summed E-state index contributed by atoms with van der Waals surface area (Å²) >= 11 is 0. The Morgan fingerprint density at radius 1 is 1.30 bits per heavy atom. The number of nitrogens with two attached hydrogens (primary N) is 1. The zero-order valence-electron chi connectivity index (χ0n) is 12.9. The van der Waals surface area contributed by atoms with E-state index in [4.69, 9.17) is 5.73 Å². The van der Waals surface area contributed by atoms with Crippen LogP contribution in [0.4, 0.5) is 5.69 Å². The van der Waals surface area contributed by atoms with Gasteiger partial charge in [-0.05, 0) is 58.0 Å². The van der Waals surface area contributed by atoms with Crippen LogP contribution >= 0.6 is 0 Å². The van der Waals surface area contributed by atoms with Crippen molar-refractivity contribution in [2.45, 2.75) is 31.7 Å². The van der Waals surface area contributed by atoms with E-state index in [2.05, 4.69) is 19.0 Å². The van der Waals surface area contributed by atoms with E-state index in [-0.39, 0.29) is 11.4 Å². The maximum atomic E-state index is 12.6. The molecule has 0 spiro atoms. The summed E-state index contributed by atoms with van der Waals surface area (Å²) in [5, 5.41) is 0. The minimum Gasteiger partial charge on any atom is -0.398 e. The lowest BCUT2D eigenvalue weighted by Gasteiger charge is -2.49. The number of nitrogens with zero attached hydrogens (tertiary/aromatic N) is 2. The lowest BCUT2D eigenvalue weighted by Crippen LogP contribution is -2.57. The van der Waals surface area contributed by atoms with Gasteiger partial charge in [0.1, 0.15) is 0 Å². The molecule has 1 aliphatic rings. The molecule has 4 heteroatoms. The van der Waals surface area contributed by atoms with Crippen molar-refractivity contribution in [1.82, 2.24) is 9.80 Å². The standard InChI is InChI=1S/C16H25N3O/c1-12-13(7-5-8-14(12)17)15(20)19(4)11-16(18(2)3)9-6-10-16/h5,7-8H,6,9-11,17H2,1-4H3. The van der Waals surface area contributed by atoms with Crippen LogP contribution in [0.1, 0.15) is 35.2 Å². The minimum atomic E-state index is 0.0583. The second-order valence-corrected chi connectivity index (χ2v) is 6.15. The van der Waals surface area contributed by atoms with Crippen LogP contribution in [-0.2, 0) is 0 Å². The summed E-state index contributed by atoms with van der Waals surface area (Å²) in [6, 6.07) is 5.53. The van der Waals surface area contributed by atoms with Gasteiger partial charge in [-0.15, -0.1) is 0 Å². The zero-order valence-corrected chi connectivity index (χ0v) is 12.9. The third-order valence-corrected chi connectivity index (χ3v) is 4.72. The van der Waals surface area contributed by atoms with Crippen molar-refractivity contribution in [1.29, 1.82) is 0 Å². The van der Waals surface area contributed by atoms with Crippen LogP contribution < -0.4 is 5.73 Å². The van der Waals surface area contributed by atoms with Crippen molar-refractivity contribution in [3.05, 3.63) is 29.3 Å². The topological polar surface area (TPSA) is 49.6 Å². The third-order valence-electron chi connectivity index (χ3n) is 4.72. The van der Waals surface area contributed by atoms with Crippen LogP contribution in [-0.4, -0.2) is 48.9 Å². The summed E-state index contributed by atoms with van der Waals surface area (Å²) in [5.41, 5.74) is 8.30. The zero-order chi connectivity index (χ0) is 14.9. The molecule has 0 atom stereocenters. The predicted octanol–water partition coefficient (Wildman–Crippen LogP) is 2.13. The van der Waals surface area contributed by atoms with Gasteiger partial charge in [0.25, 0.3) is 5.91 Å². The SMILES string of the molecule is Cc1c(N)cccc1C(=O)N(C)CC1(N(C)C)CCC1. The number of anilines is 1. The van der Waals surface area contributed by atoms with Gasteiger partial charge in [-0.2, -0.15) is 0 Å². The third kappa shape index (κ3) is 2.52. The average molecular weight is 275 g/mol. The average Bonchev–Trinajstić information content (AvgIpc) is 2.35. The molecule has 1 saturated carbocycles. The summed E-state index contributed by atoms with van der Waals surface area (Å²) in [7, 11) is 6.08. The normalized spacial score (nSPS) is 16.9. The van der Waals surface area contributed by atoms with Crippen molar-refractivity contribution in [2.24, 2.45) is 0 Å². The molecule has 0 saturated heterocycles. The van der Waals surface area contributed by atoms with Crippen molar-refractivity contribution >= 4 is 11.6 Å². The molecule has 4 nitrogen and oxygen atoms in total. The highest BCUT2D eigenvalue weighted by Crippen LogP contribution is 2.36. The molecule has 0 unspecified atom stereocenters. The summed E-state index contributed by atoms with van der Waals surface area (Å²) in [5.74, 6) is 0.0583. The summed E-state index contributed by atoms with van der Waals surface area (Å²) in [6.45, 7) is 2.68. The molecule has 1 aromatic carbocycles. The van der Waals surface area contributed by atoms with E-state index in [1.54, 1.807) is 0 Å². The van der Waals surface area contributed by atoms with Crippen LogP contribution in [0.2, 0.25) is 0 Å². The number of nitrogen functional groups attached to an aromatic ring is 1. The van der Waals surface area contributed by atoms with E-state index >= 15 is 0 Å². The first-order valence-electron chi connectivity index (χ1n) is 7.15. The van der Waals surface area contributed by atoms with Gasteiger partial charge in [0.15, 0.2) is 0 Å². The molecule has 1 fully saturated rings. The maximum Gasteiger partial charge on any atom is 0.254 e. The molecule has 0 heterocycles. The number of likely N-dealkylation sites (N-methyl/N-ethyl adjacent to an activating group) is 2. The van der Waals surface area contributed by atoms with E-state index < -0.39 is 0 Å². The molecule has 110 valence electrons. The fourth-order valence-corrected chi connectivity index (χ4v) is 2.94. The Morgan fingerprint density at radius 2 is 1.95 bits per heavy atom. The van der Waals surface area contributed by atoms with Gasteiger partial charge in [-0.3, -0.25) is 4.79 Å². The molecule has 1 aliphatic carbocycles. The van der Waals surface area contributed by atoms with E-state index in [0.29, 0.717) is 11.3 Å². The molecule has 2 rings (SSSR count). The molecular formula is C16H25N3O. The molecule has 2 N–H and O–H groups in total. The number of rotatable bonds is 4. The molecular weight excluding hydrogens is 250 g/mol. The number of benzene rings is 1. The molecule has 0 radical (unpaired) electrons. The lowest BCUT2D eigenvalue weighted by molar-refractivity contribution is 0.0252. The summed E-state index contributed by atoms with van der Waals surface area (Å²) < 4.78 is 0. The Kier molecular flexibility index (Phi) is 4.04. The Balaban J connectivity index is 2.15. The van der Waals surface area contributed by atoms with Gasteiger partial charge in [-0.25, -0.2) is 0 Å². The fraction of sp³-hybridized carbons (Fsp3) is 0.562. The van der Waals surface area contributed by atoms with Crippen molar-refractivity contribution in [3.8, 4) is 0 Å². The van der Waals surface area contributed by atoms with E-state index in [1.165, 1.54) is 6.42 Å². The van der Waals surface area contributed by atoms with E-state index in [1.807, 2.05) is 37.1 Å². The van der Waals surface area contributed by atoms with Gasteiger partial charge in [0.05, 0.1) is 0 Å². The second kappa shape index (κ2) is 5.44. The first-order valence-corrected chi connectivity index (χ1v) is 7.15. The quantitative estimate of drug-likeness (QED) is 0.856. The van der Waals surface area contributed by atoms with Crippen LogP contribution in [0, 0.1) is 6.92 Å². The first kappa shape index (κ1) is 14.9. The van der Waals surface area contributed by atoms with Crippen molar-refractivity contribution in [2.75, 3.05) is 33.4 Å². The van der Waals surface area contributed by atoms with Crippen molar-refractivity contribution < 1.29 is 4.79 Å². The number of carbonyl (C=O) groups excluding carboxylic acids is 1. The van der Waals surface area contributed by atoms with Crippen molar-refractivity contribution in [3.63, 3.8) is 0 Å². The van der Waals surface area contributed by atoms with E-state index in [9.17, 15) is 4.79 Å². The van der Waals surface area contributed by atoms with Gasteiger partial charge < -0.3 is 15.5 Å². The summed E-state index contributed by atoms with van der Waals surface area (Å²) in [6.07, 6.45) is 3.57. The van der Waals surface area contributed by atoms with Gasteiger partial charge in [-0.1, -0.05) is 6.07 Å². The Bertz CT molecular complexity index is 506. The molecule has 0 aromatic heterocycles. The summed E-state index contributed by atoms with van der Waals surface area (Å²) in [4.78, 5) is 16.7. The molecule has 0 aliphatic heterocycles. The van der Waals surface area contributed by atoms with Crippen LogP contribution in [0.25, 0.3) is 0 Å². The Morgan fingerprint density at radius 3 is 2.45 bits per heavy atom. The molecule has 1 aromatic rings. The monoisotopic (exact) mass is 275 g/mol. The second-order valence-electron chi connectivity index (χ2n) is 6.15. The number of amides is 1. The first-order chi connectivity index (χ1) is 9.37. The van der Waals surface area contributed by atoms with Gasteiger partial charge >= 0.3 is 0 Å². The molecule has 0 bridgehead atoms. The number of carbonyl (C=O) groups is 1. The Labute approximate surface area is 121 Å². The van der Waals surface area contributed by atoms with Gasteiger partial charge in [0.2, 0.25) is 0 Å². The molecule has 1 amide bonds. The highest BCUT2D eigenvalue weighted by atomic mass is 16.2. The van der Waals surface area contributed by atoms with Crippen LogP contribution in [0.5, 0.6) is 0 Å². The number of hydrogen-bond acceptors (Lipinski definition) is 3.